The van der Waals surface area contributed by atoms with Crippen LogP contribution in [0.25, 0.3) is 0 Å². The highest BCUT2D eigenvalue weighted by atomic mass is 35.5. The second-order valence-electron chi connectivity index (χ2n) is 8.72. The molecule has 2 amide bonds. The molecule has 4 nitrogen and oxygen atoms in total. The minimum Gasteiger partial charge on any atom is -0.326 e. The van der Waals surface area contributed by atoms with Crippen molar-refractivity contribution in [1.29, 1.82) is 0 Å². The SMILES string of the molecule is CCc1cc(Cl)cc(C(=O)Nc2cc(NC(=O)C3C(c4cc(Cl)cc(CC)c4)C3(Cl)Cl)ccc2Cl)c1. The molecule has 0 radical (unpaired) electrons. The summed E-state index contributed by atoms with van der Waals surface area (Å²) in [6, 6.07) is 15.6. The average molecular weight is 585 g/mol. The smallest absolute Gasteiger partial charge is 0.255 e. The Labute approximate surface area is 235 Å². The second kappa shape index (κ2) is 10.8. The topological polar surface area (TPSA) is 58.2 Å². The van der Waals surface area contributed by atoms with Gasteiger partial charge in [0.1, 0.15) is 4.33 Å². The molecule has 36 heavy (non-hydrogen) atoms. The van der Waals surface area contributed by atoms with Gasteiger partial charge in [0, 0.05) is 27.2 Å². The number of carbonyl (C=O) groups excluding carboxylic acids is 2. The number of benzene rings is 3. The third-order valence-electron chi connectivity index (χ3n) is 6.19. The van der Waals surface area contributed by atoms with E-state index in [2.05, 4.69) is 10.6 Å². The minimum atomic E-state index is -1.26. The molecule has 1 aliphatic rings. The highest BCUT2D eigenvalue weighted by molar-refractivity contribution is 6.53. The summed E-state index contributed by atoms with van der Waals surface area (Å²) in [7, 11) is 0. The normalized spacial score (nSPS) is 18.0. The zero-order valence-corrected chi connectivity index (χ0v) is 23.3. The molecule has 2 N–H and O–H groups in total. The molecule has 3 aromatic carbocycles. The van der Waals surface area contributed by atoms with E-state index in [-0.39, 0.29) is 11.8 Å². The lowest BCUT2D eigenvalue weighted by molar-refractivity contribution is -0.117. The fourth-order valence-corrected chi connectivity index (χ4v) is 5.74. The largest absolute Gasteiger partial charge is 0.326 e. The van der Waals surface area contributed by atoms with E-state index in [0.717, 1.165) is 29.5 Å². The van der Waals surface area contributed by atoms with Crippen molar-refractivity contribution in [2.24, 2.45) is 5.92 Å². The van der Waals surface area contributed by atoms with Crippen molar-refractivity contribution in [3.05, 3.63) is 91.9 Å². The monoisotopic (exact) mass is 582 g/mol. The zero-order valence-electron chi connectivity index (χ0n) is 19.5. The van der Waals surface area contributed by atoms with E-state index < -0.39 is 16.2 Å². The number of nitrogens with one attached hydrogen (secondary N) is 2. The number of amides is 2. The number of hydrogen-bond acceptors (Lipinski definition) is 2. The Hall–Kier alpha value is -1.95. The maximum Gasteiger partial charge on any atom is 0.255 e. The number of aryl methyl sites for hydroxylation is 2. The van der Waals surface area contributed by atoms with Crippen LogP contribution in [0.2, 0.25) is 15.1 Å². The van der Waals surface area contributed by atoms with Crippen molar-refractivity contribution in [3.63, 3.8) is 0 Å². The van der Waals surface area contributed by atoms with E-state index in [4.69, 9.17) is 58.0 Å². The molecule has 0 spiro atoms. The number of carbonyl (C=O) groups is 2. The van der Waals surface area contributed by atoms with Crippen LogP contribution in [0.3, 0.4) is 0 Å². The van der Waals surface area contributed by atoms with Crippen LogP contribution >= 0.6 is 58.0 Å². The van der Waals surface area contributed by atoms with E-state index in [0.29, 0.717) is 32.0 Å². The van der Waals surface area contributed by atoms with E-state index >= 15 is 0 Å². The van der Waals surface area contributed by atoms with Crippen molar-refractivity contribution in [3.8, 4) is 0 Å². The summed E-state index contributed by atoms with van der Waals surface area (Å²) < 4.78 is -1.26. The van der Waals surface area contributed by atoms with Crippen LogP contribution in [0.1, 0.15) is 46.8 Å². The summed E-state index contributed by atoms with van der Waals surface area (Å²) in [6.45, 7) is 4.00. The van der Waals surface area contributed by atoms with Gasteiger partial charge in [0.15, 0.2) is 0 Å². The second-order valence-corrected chi connectivity index (χ2v) is 11.4. The van der Waals surface area contributed by atoms with Crippen molar-refractivity contribution >= 4 is 81.2 Å². The third kappa shape index (κ3) is 5.79. The number of rotatable bonds is 7. The molecule has 0 saturated heterocycles. The number of anilines is 2. The summed E-state index contributed by atoms with van der Waals surface area (Å²) in [4.78, 5) is 26.0. The van der Waals surface area contributed by atoms with E-state index in [1.807, 2.05) is 32.0 Å². The Bertz CT molecular complexity index is 1340. The quantitative estimate of drug-likeness (QED) is 0.274. The van der Waals surface area contributed by atoms with Gasteiger partial charge in [-0.15, -0.1) is 23.2 Å². The van der Waals surface area contributed by atoms with E-state index in [9.17, 15) is 9.59 Å². The predicted molar refractivity (Wildman–Crippen MR) is 150 cm³/mol. The molecular weight excluding hydrogens is 562 g/mol. The van der Waals surface area contributed by atoms with Crippen molar-refractivity contribution in [2.75, 3.05) is 10.6 Å². The maximum atomic E-state index is 13.1. The fraction of sp³-hybridized carbons (Fsp3) is 0.259. The maximum absolute atomic E-state index is 13.1. The molecule has 0 aromatic heterocycles. The first-order valence-electron chi connectivity index (χ1n) is 11.4. The lowest BCUT2D eigenvalue weighted by Gasteiger charge is -2.12. The molecule has 0 aliphatic heterocycles. The molecule has 1 fully saturated rings. The summed E-state index contributed by atoms with van der Waals surface area (Å²) in [5.41, 5.74) is 3.99. The molecular formula is C27H23Cl5N2O2. The first-order valence-corrected chi connectivity index (χ1v) is 13.3. The first kappa shape index (κ1) is 27.1. The van der Waals surface area contributed by atoms with Crippen LogP contribution in [0.4, 0.5) is 11.4 Å². The highest BCUT2D eigenvalue weighted by Gasteiger charge is 2.67. The Morgan fingerprint density at radius 3 is 2.14 bits per heavy atom. The Balaban J connectivity index is 1.51. The summed E-state index contributed by atoms with van der Waals surface area (Å²) in [5, 5.41) is 6.99. The molecule has 0 heterocycles. The highest BCUT2D eigenvalue weighted by Crippen LogP contribution is 2.65. The van der Waals surface area contributed by atoms with Crippen molar-refractivity contribution in [1.82, 2.24) is 0 Å². The predicted octanol–water partition coefficient (Wildman–Crippen LogP) is 8.55. The molecule has 1 aliphatic carbocycles. The number of hydrogen-bond donors (Lipinski definition) is 2. The van der Waals surface area contributed by atoms with Gasteiger partial charge >= 0.3 is 0 Å². The van der Waals surface area contributed by atoms with Crippen LogP contribution in [0.5, 0.6) is 0 Å². The van der Waals surface area contributed by atoms with Crippen LogP contribution in [-0.2, 0) is 17.6 Å². The van der Waals surface area contributed by atoms with Gasteiger partial charge in [-0.05, 0) is 78.1 Å². The molecule has 1 saturated carbocycles. The number of halogens is 5. The van der Waals surface area contributed by atoms with Gasteiger partial charge in [-0.1, -0.05) is 54.7 Å². The van der Waals surface area contributed by atoms with E-state index in [1.54, 1.807) is 36.4 Å². The standard InChI is InChI=1S/C27H23Cl5N2O2/c1-3-14-7-16(11-18(28)9-14)23-24(27(23,31)32)26(36)33-20-5-6-21(30)22(13-20)34-25(35)17-8-15(4-2)10-19(29)12-17/h5-13,23-24H,3-4H2,1-2H3,(H,33,36)(H,34,35). The number of alkyl halides is 2. The first-order chi connectivity index (χ1) is 17.0. The van der Waals surface area contributed by atoms with Gasteiger partial charge in [0.2, 0.25) is 5.91 Å². The van der Waals surface area contributed by atoms with Gasteiger partial charge < -0.3 is 10.6 Å². The molecule has 9 heteroatoms. The average Bonchev–Trinajstić information content (AvgIpc) is 3.42. The molecule has 3 aromatic rings. The minimum absolute atomic E-state index is 0.318. The van der Waals surface area contributed by atoms with Crippen LogP contribution < -0.4 is 10.6 Å². The van der Waals surface area contributed by atoms with Gasteiger partial charge in [-0.2, -0.15) is 0 Å². The van der Waals surface area contributed by atoms with Crippen LogP contribution in [-0.4, -0.2) is 16.1 Å². The van der Waals surface area contributed by atoms with Gasteiger partial charge in [-0.3, -0.25) is 9.59 Å². The molecule has 4 rings (SSSR count). The lowest BCUT2D eigenvalue weighted by atomic mass is 10.0. The third-order valence-corrected chi connectivity index (χ3v) is 7.90. The van der Waals surface area contributed by atoms with Crippen LogP contribution in [0.15, 0.2) is 54.6 Å². The molecule has 0 bridgehead atoms. The van der Waals surface area contributed by atoms with Gasteiger partial charge in [0.05, 0.1) is 16.6 Å². The molecule has 2 atom stereocenters. The van der Waals surface area contributed by atoms with Crippen LogP contribution in [0, 0.1) is 5.92 Å². The summed E-state index contributed by atoms with van der Waals surface area (Å²) in [6.07, 6.45) is 1.53. The van der Waals surface area contributed by atoms with Gasteiger partial charge in [0.25, 0.3) is 5.91 Å². The molecule has 188 valence electrons. The molecule has 2 unspecified atom stereocenters. The Kier molecular flexibility index (Phi) is 8.13. The Morgan fingerprint density at radius 1 is 0.833 bits per heavy atom. The summed E-state index contributed by atoms with van der Waals surface area (Å²) >= 11 is 31.8. The lowest BCUT2D eigenvalue weighted by Crippen LogP contribution is -2.18. The zero-order chi connectivity index (χ0) is 26.2. The van der Waals surface area contributed by atoms with E-state index in [1.165, 1.54) is 0 Å². The van der Waals surface area contributed by atoms with Crippen molar-refractivity contribution < 1.29 is 9.59 Å². The summed E-state index contributed by atoms with van der Waals surface area (Å²) in [5.74, 6) is -1.78. The fourth-order valence-electron chi connectivity index (χ4n) is 4.23. The Morgan fingerprint density at radius 2 is 1.47 bits per heavy atom. The van der Waals surface area contributed by atoms with Crippen molar-refractivity contribution in [2.45, 2.75) is 36.9 Å². The van der Waals surface area contributed by atoms with Gasteiger partial charge in [-0.25, -0.2) is 0 Å².